The van der Waals surface area contributed by atoms with E-state index in [9.17, 15) is 9.59 Å². The number of anilines is 1. The van der Waals surface area contributed by atoms with Crippen molar-refractivity contribution in [2.45, 2.75) is 19.4 Å². The van der Waals surface area contributed by atoms with Gasteiger partial charge in [-0.2, -0.15) is 0 Å². The number of hydrogen-bond acceptors (Lipinski definition) is 5. The number of primary amides is 1. The highest BCUT2D eigenvalue weighted by molar-refractivity contribution is 6.33. The second-order valence-electron chi connectivity index (χ2n) is 3.72. The number of nitrogens with one attached hydrogen (secondary N) is 2. The second-order valence-corrected chi connectivity index (χ2v) is 4.12. The van der Waals surface area contributed by atoms with Crippen LogP contribution in [0.25, 0.3) is 0 Å². The number of nitrogens with zero attached hydrogens (tertiary/aromatic N) is 1. The minimum absolute atomic E-state index is 0.0310. The van der Waals surface area contributed by atoms with Crippen LogP contribution >= 0.6 is 11.6 Å². The number of nitrogen functional groups attached to an aromatic ring is 1. The molecule has 1 rings (SSSR count). The van der Waals surface area contributed by atoms with Gasteiger partial charge in [-0.1, -0.05) is 11.6 Å². The number of rotatable bonds is 5. The summed E-state index contributed by atoms with van der Waals surface area (Å²) in [5, 5.41) is 2.76. The maximum atomic E-state index is 11.8. The molecule has 0 aliphatic rings. The topological polar surface area (TPSA) is 123 Å². The molecule has 1 aromatic rings. The molecule has 1 atom stereocenters. The first-order valence-electron chi connectivity index (χ1n) is 5.16. The Bertz CT molecular complexity index is 466. The zero-order chi connectivity index (χ0) is 13.7. The lowest BCUT2D eigenvalue weighted by Crippen LogP contribution is -2.36. The molecule has 0 aliphatic heterocycles. The summed E-state index contributed by atoms with van der Waals surface area (Å²) in [5.74, 6) is 4.50. The minimum Gasteiger partial charge on any atom is -0.370 e. The molecule has 18 heavy (non-hydrogen) atoms. The summed E-state index contributed by atoms with van der Waals surface area (Å²) in [6, 6.07) is 2.63. The lowest BCUT2D eigenvalue weighted by Gasteiger charge is -2.12. The Hall–Kier alpha value is -1.86. The Balaban J connectivity index is 2.80. The third kappa shape index (κ3) is 3.86. The van der Waals surface area contributed by atoms with E-state index in [2.05, 4.69) is 15.7 Å². The number of nitrogens with two attached hydrogens (primary N) is 2. The monoisotopic (exact) mass is 271 g/mol. The van der Waals surface area contributed by atoms with Gasteiger partial charge in [0.15, 0.2) is 0 Å². The van der Waals surface area contributed by atoms with Crippen molar-refractivity contribution in [3.05, 3.63) is 22.8 Å². The van der Waals surface area contributed by atoms with Gasteiger partial charge < -0.3 is 16.5 Å². The van der Waals surface area contributed by atoms with Crippen molar-refractivity contribution >= 4 is 29.2 Å². The molecule has 0 spiro atoms. The van der Waals surface area contributed by atoms with E-state index in [4.69, 9.17) is 23.2 Å². The van der Waals surface area contributed by atoms with E-state index in [0.29, 0.717) is 5.82 Å². The smallest absolute Gasteiger partial charge is 0.271 e. The van der Waals surface area contributed by atoms with Gasteiger partial charge in [0.2, 0.25) is 5.91 Å². The van der Waals surface area contributed by atoms with Crippen LogP contribution in [0.4, 0.5) is 5.82 Å². The molecule has 1 heterocycles. The third-order valence-electron chi connectivity index (χ3n) is 2.09. The van der Waals surface area contributed by atoms with Crippen LogP contribution in [-0.2, 0) is 4.79 Å². The summed E-state index contributed by atoms with van der Waals surface area (Å²) < 4.78 is 0. The van der Waals surface area contributed by atoms with Gasteiger partial charge in [-0.3, -0.25) is 9.59 Å². The molecule has 0 fully saturated rings. The molecule has 0 radical (unpaired) electrons. The van der Waals surface area contributed by atoms with Crippen LogP contribution in [-0.4, -0.2) is 22.8 Å². The molecular weight excluding hydrogens is 258 g/mol. The zero-order valence-electron chi connectivity index (χ0n) is 9.74. The molecule has 6 N–H and O–H groups in total. The molecule has 7 nitrogen and oxygen atoms in total. The maximum absolute atomic E-state index is 11.8. The van der Waals surface area contributed by atoms with Crippen molar-refractivity contribution in [2.24, 2.45) is 11.6 Å². The van der Waals surface area contributed by atoms with Gasteiger partial charge >= 0.3 is 0 Å². The van der Waals surface area contributed by atoms with E-state index in [1.165, 1.54) is 12.1 Å². The summed E-state index contributed by atoms with van der Waals surface area (Å²) in [6.45, 7) is 1.65. The van der Waals surface area contributed by atoms with E-state index in [1.807, 2.05) is 0 Å². The molecule has 2 amide bonds. The van der Waals surface area contributed by atoms with E-state index in [1.54, 1.807) is 6.92 Å². The van der Waals surface area contributed by atoms with Gasteiger partial charge in [-0.25, -0.2) is 10.8 Å². The maximum Gasteiger partial charge on any atom is 0.271 e. The van der Waals surface area contributed by atoms with E-state index in [0.717, 1.165) is 0 Å². The molecule has 1 unspecified atom stereocenters. The molecule has 8 heteroatoms. The molecule has 0 aromatic carbocycles. The first-order valence-corrected chi connectivity index (χ1v) is 5.54. The molecule has 1 aromatic heterocycles. The van der Waals surface area contributed by atoms with E-state index >= 15 is 0 Å². The first-order chi connectivity index (χ1) is 8.43. The zero-order valence-corrected chi connectivity index (χ0v) is 10.5. The third-order valence-corrected chi connectivity index (χ3v) is 2.40. The minimum atomic E-state index is -0.501. The van der Waals surface area contributed by atoms with Crippen molar-refractivity contribution in [3.8, 4) is 0 Å². The highest BCUT2D eigenvalue weighted by atomic mass is 35.5. The largest absolute Gasteiger partial charge is 0.370 e. The van der Waals surface area contributed by atoms with Crippen LogP contribution in [0.15, 0.2) is 12.1 Å². The highest BCUT2D eigenvalue weighted by Crippen LogP contribution is 2.16. The van der Waals surface area contributed by atoms with Crippen LogP contribution in [0.3, 0.4) is 0 Å². The summed E-state index contributed by atoms with van der Waals surface area (Å²) in [7, 11) is 0. The predicted octanol–water partition coefficient (Wildman–Crippen LogP) is 0.0143. The lowest BCUT2D eigenvalue weighted by atomic mass is 10.2. The van der Waals surface area contributed by atoms with Gasteiger partial charge in [0.05, 0.1) is 5.02 Å². The average molecular weight is 272 g/mol. The van der Waals surface area contributed by atoms with Crippen LogP contribution in [0.1, 0.15) is 23.8 Å². The second kappa shape index (κ2) is 6.18. The van der Waals surface area contributed by atoms with Gasteiger partial charge in [-0.15, -0.1) is 0 Å². The Labute approximate surface area is 109 Å². The van der Waals surface area contributed by atoms with Crippen LogP contribution < -0.4 is 22.3 Å². The summed E-state index contributed by atoms with van der Waals surface area (Å²) in [6.07, 6.45) is 0.0399. The van der Waals surface area contributed by atoms with Crippen molar-refractivity contribution in [2.75, 3.05) is 5.43 Å². The van der Waals surface area contributed by atoms with Gasteiger partial charge in [0, 0.05) is 12.5 Å². The number of aromatic nitrogens is 1. The molecule has 98 valence electrons. The Kier molecular flexibility index (Phi) is 4.87. The van der Waals surface area contributed by atoms with Crippen molar-refractivity contribution in [3.63, 3.8) is 0 Å². The number of hydrazine groups is 1. The standard InChI is InChI=1S/C10H14ClN5O2/c1-5(4-7(12)17)14-10(18)9-6(11)2-3-8(15-9)16-13/h2-3,5H,4,13H2,1H3,(H2,12,17)(H,14,18)(H,15,16). The average Bonchev–Trinajstić information content (AvgIpc) is 2.28. The summed E-state index contributed by atoms with van der Waals surface area (Å²) in [5.41, 5.74) is 7.37. The van der Waals surface area contributed by atoms with Crippen LogP contribution in [0.5, 0.6) is 0 Å². The fourth-order valence-electron chi connectivity index (χ4n) is 1.33. The predicted molar refractivity (Wildman–Crippen MR) is 67.8 cm³/mol. The SMILES string of the molecule is CC(CC(N)=O)NC(=O)c1nc(NN)ccc1Cl. The normalized spacial score (nSPS) is 11.7. The van der Waals surface area contributed by atoms with Crippen molar-refractivity contribution in [1.29, 1.82) is 0 Å². The fourth-order valence-corrected chi connectivity index (χ4v) is 1.52. The molecule has 0 saturated carbocycles. The van der Waals surface area contributed by atoms with Crippen LogP contribution in [0.2, 0.25) is 5.02 Å². The highest BCUT2D eigenvalue weighted by Gasteiger charge is 2.16. The molecule has 0 bridgehead atoms. The quantitative estimate of drug-likeness (QED) is 0.444. The fraction of sp³-hybridized carbons (Fsp3) is 0.300. The number of amides is 2. The first kappa shape index (κ1) is 14.2. The number of hydrogen-bond donors (Lipinski definition) is 4. The summed E-state index contributed by atoms with van der Waals surface area (Å²) in [4.78, 5) is 26.5. The Morgan fingerprint density at radius 3 is 2.72 bits per heavy atom. The molecular formula is C10H14ClN5O2. The lowest BCUT2D eigenvalue weighted by molar-refractivity contribution is -0.118. The Morgan fingerprint density at radius 2 is 2.17 bits per heavy atom. The molecule has 0 saturated heterocycles. The van der Waals surface area contributed by atoms with Gasteiger partial charge in [-0.05, 0) is 19.1 Å². The van der Waals surface area contributed by atoms with E-state index < -0.39 is 17.9 Å². The van der Waals surface area contributed by atoms with Gasteiger partial charge in [0.25, 0.3) is 5.91 Å². The van der Waals surface area contributed by atoms with Crippen LogP contribution in [0, 0.1) is 0 Å². The van der Waals surface area contributed by atoms with Gasteiger partial charge in [0.1, 0.15) is 11.5 Å². The molecule has 0 aliphatic carbocycles. The summed E-state index contributed by atoms with van der Waals surface area (Å²) >= 11 is 5.85. The van der Waals surface area contributed by atoms with Crippen molar-refractivity contribution < 1.29 is 9.59 Å². The Morgan fingerprint density at radius 1 is 1.50 bits per heavy atom. The number of pyridine rings is 1. The number of carbonyl (C=O) groups is 2. The van der Waals surface area contributed by atoms with E-state index in [-0.39, 0.29) is 17.1 Å². The number of halogens is 1. The number of carbonyl (C=O) groups excluding carboxylic acids is 2. The van der Waals surface area contributed by atoms with Crippen molar-refractivity contribution in [1.82, 2.24) is 10.3 Å².